The van der Waals surface area contributed by atoms with Crippen molar-refractivity contribution < 1.29 is 13.2 Å². The molecule has 1 aliphatic heterocycles. The Morgan fingerprint density at radius 3 is 2.84 bits per heavy atom. The standard InChI is InChI=1S/C21H24N6O3S/c1-14-13-30-11-10-26(14)19-12-18(15-4-7-22-20-16(15)5-8-23-20)24-21-17(19)6-9-27(21)31(28,29)25(2)3/h4-9,12,14H,10-11,13H2,1-3H3,(H,22,23)/t14-/m1/s1. The Balaban J connectivity index is 1.81. The van der Waals surface area contributed by atoms with Crippen LogP contribution in [0, 0.1) is 0 Å². The summed E-state index contributed by atoms with van der Waals surface area (Å²) in [5, 5.41) is 1.73. The first kappa shape index (κ1) is 20.0. The summed E-state index contributed by atoms with van der Waals surface area (Å²) in [6, 6.07) is 7.88. The zero-order valence-corrected chi connectivity index (χ0v) is 18.4. The van der Waals surface area contributed by atoms with Crippen molar-refractivity contribution in [3.63, 3.8) is 0 Å². The topological polar surface area (TPSA) is 96.3 Å². The maximum Gasteiger partial charge on any atom is 0.308 e. The van der Waals surface area contributed by atoms with Crippen LogP contribution >= 0.6 is 0 Å². The van der Waals surface area contributed by atoms with Gasteiger partial charge in [-0.2, -0.15) is 12.7 Å². The number of ether oxygens (including phenoxy) is 1. The molecule has 0 radical (unpaired) electrons. The van der Waals surface area contributed by atoms with Crippen molar-refractivity contribution >= 4 is 38.0 Å². The van der Waals surface area contributed by atoms with Gasteiger partial charge in [-0.15, -0.1) is 0 Å². The highest BCUT2D eigenvalue weighted by atomic mass is 32.2. The number of fused-ring (bicyclic) bond motifs is 2. The number of H-pyrrole nitrogens is 1. The minimum absolute atomic E-state index is 0.158. The number of morpholine rings is 1. The molecule has 5 rings (SSSR count). The minimum atomic E-state index is -3.73. The average molecular weight is 441 g/mol. The SMILES string of the molecule is C[C@@H]1COCCN1c1cc(-c2ccnc3[nH]ccc23)nc2c1ccn2S(=O)(=O)N(C)C. The van der Waals surface area contributed by atoms with E-state index in [4.69, 9.17) is 9.72 Å². The molecule has 4 aromatic heterocycles. The molecule has 0 saturated carbocycles. The smallest absolute Gasteiger partial charge is 0.308 e. The second-order valence-corrected chi connectivity index (χ2v) is 9.90. The molecule has 10 heteroatoms. The number of hydrogen-bond donors (Lipinski definition) is 1. The van der Waals surface area contributed by atoms with E-state index < -0.39 is 10.2 Å². The Bertz CT molecular complexity index is 1370. The lowest BCUT2D eigenvalue weighted by atomic mass is 10.1. The van der Waals surface area contributed by atoms with E-state index in [2.05, 4.69) is 21.8 Å². The summed E-state index contributed by atoms with van der Waals surface area (Å²) in [6.07, 6.45) is 5.14. The summed E-state index contributed by atoms with van der Waals surface area (Å²) in [5.74, 6) is 0. The number of hydrogen-bond acceptors (Lipinski definition) is 6. The van der Waals surface area contributed by atoms with Crippen molar-refractivity contribution in [2.75, 3.05) is 38.8 Å². The van der Waals surface area contributed by atoms with E-state index in [1.807, 2.05) is 30.5 Å². The van der Waals surface area contributed by atoms with Gasteiger partial charge in [-0.1, -0.05) is 0 Å². The molecule has 0 amide bonds. The number of aromatic amines is 1. The zero-order chi connectivity index (χ0) is 21.8. The van der Waals surface area contributed by atoms with Gasteiger partial charge in [0, 0.05) is 61.6 Å². The molecule has 1 atom stereocenters. The Labute approximate surface area is 180 Å². The van der Waals surface area contributed by atoms with Gasteiger partial charge in [0.1, 0.15) is 5.65 Å². The van der Waals surface area contributed by atoms with E-state index in [0.29, 0.717) is 24.6 Å². The third kappa shape index (κ3) is 3.18. The first-order valence-electron chi connectivity index (χ1n) is 10.1. The number of nitrogens with one attached hydrogen (secondary N) is 1. The van der Waals surface area contributed by atoms with Gasteiger partial charge in [0.2, 0.25) is 0 Å². The van der Waals surface area contributed by atoms with Gasteiger partial charge in [0.25, 0.3) is 0 Å². The molecule has 0 aliphatic carbocycles. The van der Waals surface area contributed by atoms with Crippen LogP contribution in [0.4, 0.5) is 5.69 Å². The Morgan fingerprint density at radius 2 is 2.06 bits per heavy atom. The van der Waals surface area contributed by atoms with Crippen LogP contribution in [0.5, 0.6) is 0 Å². The molecule has 1 N–H and O–H groups in total. The van der Waals surface area contributed by atoms with Gasteiger partial charge < -0.3 is 14.6 Å². The fraction of sp³-hybridized carbons (Fsp3) is 0.333. The van der Waals surface area contributed by atoms with E-state index in [-0.39, 0.29) is 6.04 Å². The number of nitrogens with zero attached hydrogens (tertiary/aromatic N) is 5. The van der Waals surface area contributed by atoms with Gasteiger partial charge in [-0.05, 0) is 31.2 Å². The zero-order valence-electron chi connectivity index (χ0n) is 17.6. The van der Waals surface area contributed by atoms with E-state index in [1.54, 1.807) is 12.4 Å². The predicted octanol–water partition coefficient (Wildman–Crippen LogP) is 2.46. The predicted molar refractivity (Wildman–Crippen MR) is 120 cm³/mol. The molecule has 4 aromatic rings. The normalized spacial score (nSPS) is 17.8. The Kier molecular flexibility index (Phi) is 4.72. The van der Waals surface area contributed by atoms with Crippen LogP contribution in [0.15, 0.2) is 42.9 Å². The molecule has 9 nitrogen and oxygen atoms in total. The summed E-state index contributed by atoms with van der Waals surface area (Å²) >= 11 is 0. The lowest BCUT2D eigenvalue weighted by Gasteiger charge is -2.35. The largest absolute Gasteiger partial charge is 0.377 e. The van der Waals surface area contributed by atoms with Crippen LogP contribution in [0.1, 0.15) is 6.92 Å². The Hall–Kier alpha value is -2.95. The molecule has 0 bridgehead atoms. The van der Waals surface area contributed by atoms with Crippen LogP contribution < -0.4 is 4.90 Å². The highest BCUT2D eigenvalue weighted by Gasteiger charge is 2.26. The molecule has 1 aliphatic rings. The third-order valence-corrected chi connectivity index (χ3v) is 7.44. The summed E-state index contributed by atoms with van der Waals surface area (Å²) in [7, 11) is -0.694. The molecule has 31 heavy (non-hydrogen) atoms. The Morgan fingerprint density at radius 1 is 1.23 bits per heavy atom. The monoisotopic (exact) mass is 440 g/mol. The van der Waals surface area contributed by atoms with Gasteiger partial charge >= 0.3 is 10.2 Å². The molecular weight excluding hydrogens is 416 g/mol. The number of pyridine rings is 2. The summed E-state index contributed by atoms with van der Waals surface area (Å²) in [4.78, 5) is 14.6. The molecular formula is C21H24N6O3S. The fourth-order valence-corrected chi connectivity index (χ4v) is 5.00. The maximum absolute atomic E-state index is 13.0. The summed E-state index contributed by atoms with van der Waals surface area (Å²) < 4.78 is 34.0. The number of aromatic nitrogens is 4. The van der Waals surface area contributed by atoms with Crippen molar-refractivity contribution in [3.8, 4) is 11.3 Å². The quantitative estimate of drug-likeness (QED) is 0.524. The van der Waals surface area contributed by atoms with Crippen LogP contribution in [0.2, 0.25) is 0 Å². The van der Waals surface area contributed by atoms with Crippen LogP contribution in [0.3, 0.4) is 0 Å². The van der Waals surface area contributed by atoms with Gasteiger partial charge in [-0.25, -0.2) is 13.9 Å². The highest BCUT2D eigenvalue weighted by molar-refractivity contribution is 7.87. The minimum Gasteiger partial charge on any atom is -0.377 e. The molecule has 5 heterocycles. The molecule has 1 saturated heterocycles. The summed E-state index contributed by atoms with van der Waals surface area (Å²) in [5.41, 5.74) is 3.70. The molecule has 1 fully saturated rings. The van der Waals surface area contributed by atoms with Crippen LogP contribution in [-0.2, 0) is 14.9 Å². The van der Waals surface area contributed by atoms with Crippen LogP contribution in [0.25, 0.3) is 33.3 Å². The lowest BCUT2D eigenvalue weighted by Crippen LogP contribution is -2.43. The van der Waals surface area contributed by atoms with Crippen LogP contribution in [-0.4, -0.2) is 71.5 Å². The molecule has 162 valence electrons. The number of rotatable bonds is 4. The van der Waals surface area contributed by atoms with Gasteiger partial charge in [-0.3, -0.25) is 0 Å². The van der Waals surface area contributed by atoms with E-state index in [1.165, 1.54) is 22.4 Å². The maximum atomic E-state index is 13.0. The van der Waals surface area contributed by atoms with Crippen molar-refractivity contribution in [1.29, 1.82) is 0 Å². The lowest BCUT2D eigenvalue weighted by molar-refractivity contribution is 0.0991. The van der Waals surface area contributed by atoms with Crippen molar-refractivity contribution in [2.24, 2.45) is 0 Å². The first-order valence-corrected chi connectivity index (χ1v) is 11.5. The molecule has 0 unspecified atom stereocenters. The highest BCUT2D eigenvalue weighted by Crippen LogP contribution is 2.36. The average Bonchev–Trinajstić information content (AvgIpc) is 3.40. The van der Waals surface area contributed by atoms with E-state index in [0.717, 1.165) is 34.2 Å². The fourth-order valence-electron chi connectivity index (χ4n) is 4.08. The first-order chi connectivity index (χ1) is 14.9. The second kappa shape index (κ2) is 7.33. The summed E-state index contributed by atoms with van der Waals surface area (Å²) in [6.45, 7) is 4.07. The van der Waals surface area contributed by atoms with Crippen molar-refractivity contribution in [3.05, 3.63) is 42.9 Å². The molecule has 0 aromatic carbocycles. The van der Waals surface area contributed by atoms with E-state index in [9.17, 15) is 8.42 Å². The van der Waals surface area contributed by atoms with Gasteiger partial charge in [0.15, 0.2) is 5.65 Å². The van der Waals surface area contributed by atoms with Gasteiger partial charge in [0.05, 0.1) is 24.6 Å². The molecule has 0 spiro atoms. The van der Waals surface area contributed by atoms with Crippen molar-refractivity contribution in [1.82, 2.24) is 23.2 Å². The number of anilines is 1. The third-order valence-electron chi connectivity index (χ3n) is 5.73. The second-order valence-electron chi connectivity index (χ2n) is 7.88. The van der Waals surface area contributed by atoms with E-state index >= 15 is 0 Å². The van der Waals surface area contributed by atoms with Crippen molar-refractivity contribution in [2.45, 2.75) is 13.0 Å².